The molecule has 0 bridgehead atoms. The van der Waals surface area contributed by atoms with E-state index in [4.69, 9.17) is 0 Å². The fourth-order valence-corrected chi connectivity index (χ4v) is 3.97. The van der Waals surface area contributed by atoms with Crippen molar-refractivity contribution in [1.29, 1.82) is 0 Å². The first-order chi connectivity index (χ1) is 14.9. The van der Waals surface area contributed by atoms with Crippen molar-refractivity contribution in [3.8, 4) is 0 Å². The summed E-state index contributed by atoms with van der Waals surface area (Å²) in [4.78, 5) is 42.9. The average Bonchev–Trinajstić information content (AvgIpc) is 3.04. The first-order valence-electron chi connectivity index (χ1n) is 10.3. The molecule has 0 aromatic heterocycles. The van der Waals surface area contributed by atoms with Gasteiger partial charge in [-0.3, -0.25) is 19.7 Å². The zero-order valence-corrected chi connectivity index (χ0v) is 17.6. The van der Waals surface area contributed by atoms with Gasteiger partial charge in [0.25, 0.3) is 17.5 Å². The molecule has 8 heteroatoms. The molecule has 2 aromatic carbocycles. The quantitative estimate of drug-likeness (QED) is 0.420. The number of nitro benzene ring substituents is 1. The van der Waals surface area contributed by atoms with Crippen molar-refractivity contribution in [2.45, 2.75) is 13.3 Å². The molecule has 1 saturated heterocycles. The van der Waals surface area contributed by atoms with Gasteiger partial charge in [0, 0.05) is 38.3 Å². The minimum absolute atomic E-state index is 0.0609. The lowest BCUT2D eigenvalue weighted by Crippen LogP contribution is -2.46. The summed E-state index contributed by atoms with van der Waals surface area (Å²) in [5.74, 6) is -0.760. The van der Waals surface area contributed by atoms with Crippen molar-refractivity contribution in [3.63, 3.8) is 0 Å². The van der Waals surface area contributed by atoms with E-state index in [1.165, 1.54) is 17.0 Å². The van der Waals surface area contributed by atoms with Gasteiger partial charge in [-0.15, -0.1) is 0 Å². The van der Waals surface area contributed by atoms with E-state index < -0.39 is 10.8 Å². The molecule has 2 aliphatic heterocycles. The lowest BCUT2D eigenvalue weighted by atomic mass is 10.0. The number of amides is 2. The molecule has 2 heterocycles. The summed E-state index contributed by atoms with van der Waals surface area (Å²) in [5.41, 5.74) is 2.75. The molecular weight excluding hydrogens is 396 g/mol. The predicted molar refractivity (Wildman–Crippen MR) is 117 cm³/mol. The van der Waals surface area contributed by atoms with Crippen LogP contribution in [-0.4, -0.2) is 59.8 Å². The van der Waals surface area contributed by atoms with Crippen molar-refractivity contribution in [2.75, 3.05) is 38.1 Å². The summed E-state index contributed by atoms with van der Waals surface area (Å²) >= 11 is 0. The number of likely N-dealkylation sites (N-methyl/N-ethyl adjacent to an activating group) is 1. The smallest absolute Gasteiger partial charge is 0.282 e. The Labute approximate surface area is 180 Å². The topological polar surface area (TPSA) is 87.0 Å². The van der Waals surface area contributed by atoms with Gasteiger partial charge in [-0.25, -0.2) is 4.90 Å². The molecule has 0 aliphatic carbocycles. The Bertz CT molecular complexity index is 1050. The molecule has 2 amide bonds. The van der Waals surface area contributed by atoms with Crippen molar-refractivity contribution in [2.24, 2.45) is 0 Å². The number of aryl methyl sites for hydroxylation is 1. The van der Waals surface area contributed by atoms with Gasteiger partial charge in [0.2, 0.25) is 0 Å². The van der Waals surface area contributed by atoms with E-state index in [-0.39, 0.29) is 11.6 Å². The van der Waals surface area contributed by atoms with Crippen LogP contribution >= 0.6 is 0 Å². The zero-order valence-electron chi connectivity index (χ0n) is 17.6. The van der Waals surface area contributed by atoms with Gasteiger partial charge in [-0.05, 0) is 48.9 Å². The number of benzene rings is 2. The van der Waals surface area contributed by atoms with Crippen LogP contribution in [0.4, 0.5) is 11.4 Å². The summed E-state index contributed by atoms with van der Waals surface area (Å²) in [7, 11) is 2.02. The third kappa shape index (κ3) is 3.82. The zero-order chi connectivity index (χ0) is 22.1. The summed E-state index contributed by atoms with van der Waals surface area (Å²) in [5, 5.41) is 11.0. The third-order valence-electron chi connectivity index (χ3n) is 5.85. The predicted octanol–water partition coefficient (Wildman–Crippen LogP) is 2.69. The molecule has 0 atom stereocenters. The number of nitrogens with zero attached hydrogens (tertiary/aromatic N) is 4. The Kier molecular flexibility index (Phi) is 5.56. The Morgan fingerprint density at radius 3 is 2.06 bits per heavy atom. The number of hydrogen-bond donors (Lipinski definition) is 0. The maximum Gasteiger partial charge on any atom is 0.282 e. The fourth-order valence-electron chi connectivity index (χ4n) is 3.97. The van der Waals surface area contributed by atoms with Crippen LogP contribution in [0.5, 0.6) is 0 Å². The molecular formula is C23H24N4O4. The number of carbonyl (C=O) groups is 2. The third-order valence-corrected chi connectivity index (χ3v) is 5.85. The van der Waals surface area contributed by atoms with Crippen molar-refractivity contribution >= 4 is 28.8 Å². The Morgan fingerprint density at radius 2 is 1.52 bits per heavy atom. The molecule has 0 radical (unpaired) electrons. The van der Waals surface area contributed by atoms with Crippen LogP contribution in [0.15, 0.2) is 54.2 Å². The van der Waals surface area contributed by atoms with Gasteiger partial charge in [-0.2, -0.15) is 0 Å². The molecule has 0 saturated carbocycles. The number of nitro groups is 1. The van der Waals surface area contributed by atoms with Crippen LogP contribution in [0, 0.1) is 10.1 Å². The van der Waals surface area contributed by atoms with E-state index in [1.54, 1.807) is 24.3 Å². The van der Waals surface area contributed by atoms with Crippen LogP contribution in [0.2, 0.25) is 0 Å². The summed E-state index contributed by atoms with van der Waals surface area (Å²) in [6.07, 6.45) is 0.862. The van der Waals surface area contributed by atoms with E-state index in [2.05, 4.69) is 4.90 Å². The summed E-state index contributed by atoms with van der Waals surface area (Å²) < 4.78 is 0. The van der Waals surface area contributed by atoms with Crippen LogP contribution in [-0.2, 0) is 16.0 Å². The first-order valence-corrected chi connectivity index (χ1v) is 10.3. The highest BCUT2D eigenvalue weighted by atomic mass is 16.6. The number of imide groups is 1. The SMILES string of the molecule is CCc1ccc(N2C(=O)C(c3ccc([N+](=O)[O-])cc3)=C(N3CCN(C)CC3)C2=O)cc1. The van der Waals surface area contributed by atoms with Crippen LogP contribution < -0.4 is 4.90 Å². The molecule has 0 N–H and O–H groups in total. The number of hydrogen-bond acceptors (Lipinski definition) is 6. The second kappa shape index (κ2) is 8.31. The minimum Gasteiger partial charge on any atom is -0.364 e. The maximum absolute atomic E-state index is 13.5. The van der Waals surface area contributed by atoms with E-state index in [9.17, 15) is 19.7 Å². The lowest BCUT2D eigenvalue weighted by Gasteiger charge is -2.34. The molecule has 160 valence electrons. The molecule has 8 nitrogen and oxygen atoms in total. The van der Waals surface area contributed by atoms with Crippen molar-refractivity contribution in [1.82, 2.24) is 9.80 Å². The highest BCUT2D eigenvalue weighted by Crippen LogP contribution is 2.35. The highest BCUT2D eigenvalue weighted by Gasteiger charge is 2.43. The molecule has 2 aliphatic rings. The number of piperazine rings is 1. The van der Waals surface area contributed by atoms with E-state index in [0.29, 0.717) is 35.6 Å². The molecule has 4 rings (SSSR count). The van der Waals surface area contributed by atoms with Crippen LogP contribution in [0.1, 0.15) is 18.1 Å². The molecule has 0 unspecified atom stereocenters. The summed E-state index contributed by atoms with van der Waals surface area (Å²) in [6.45, 7) is 4.86. The van der Waals surface area contributed by atoms with Gasteiger partial charge in [0.1, 0.15) is 5.70 Å². The number of non-ortho nitro benzene ring substituents is 1. The van der Waals surface area contributed by atoms with Crippen molar-refractivity contribution in [3.05, 3.63) is 75.5 Å². The monoisotopic (exact) mass is 420 g/mol. The fraction of sp³-hybridized carbons (Fsp3) is 0.304. The molecule has 1 fully saturated rings. The lowest BCUT2D eigenvalue weighted by molar-refractivity contribution is -0.384. The van der Waals surface area contributed by atoms with Gasteiger partial charge < -0.3 is 9.80 Å². The van der Waals surface area contributed by atoms with Gasteiger partial charge >= 0.3 is 0 Å². The van der Waals surface area contributed by atoms with E-state index in [1.807, 2.05) is 31.0 Å². The number of rotatable bonds is 5. The minimum atomic E-state index is -0.483. The second-order valence-electron chi connectivity index (χ2n) is 7.78. The van der Waals surface area contributed by atoms with Crippen LogP contribution in [0.25, 0.3) is 5.57 Å². The second-order valence-corrected chi connectivity index (χ2v) is 7.78. The Balaban J connectivity index is 1.77. The van der Waals surface area contributed by atoms with E-state index >= 15 is 0 Å². The van der Waals surface area contributed by atoms with Crippen LogP contribution in [0.3, 0.4) is 0 Å². The molecule has 0 spiro atoms. The standard InChI is InChI=1S/C23H24N4O4/c1-3-16-4-8-18(9-5-16)26-22(28)20(17-6-10-19(11-7-17)27(30)31)21(23(26)29)25-14-12-24(2)13-15-25/h4-11H,3,12-15H2,1-2H3. The average molecular weight is 420 g/mol. The Hall–Kier alpha value is -3.52. The first kappa shape index (κ1) is 20.7. The van der Waals surface area contributed by atoms with Gasteiger partial charge in [-0.1, -0.05) is 19.1 Å². The largest absolute Gasteiger partial charge is 0.364 e. The molecule has 31 heavy (non-hydrogen) atoms. The number of anilines is 1. The van der Waals surface area contributed by atoms with Gasteiger partial charge in [0.15, 0.2) is 0 Å². The van der Waals surface area contributed by atoms with Crippen molar-refractivity contribution < 1.29 is 14.5 Å². The Morgan fingerprint density at radius 1 is 0.903 bits per heavy atom. The molecule has 2 aromatic rings. The number of carbonyl (C=O) groups excluding carboxylic acids is 2. The van der Waals surface area contributed by atoms with Gasteiger partial charge in [0.05, 0.1) is 16.2 Å². The normalized spacial score (nSPS) is 17.6. The van der Waals surface area contributed by atoms with E-state index in [0.717, 1.165) is 25.1 Å². The summed E-state index contributed by atoms with van der Waals surface area (Å²) in [6, 6.07) is 13.2. The highest BCUT2D eigenvalue weighted by molar-refractivity contribution is 6.45. The maximum atomic E-state index is 13.5.